The molecule has 1 saturated heterocycles. The van der Waals surface area contributed by atoms with Crippen LogP contribution in [0.2, 0.25) is 10.0 Å². The lowest BCUT2D eigenvalue weighted by Crippen LogP contribution is -3.12. The molecule has 1 aliphatic rings. The summed E-state index contributed by atoms with van der Waals surface area (Å²) in [5.41, 5.74) is 3.38. The molecule has 2 N–H and O–H groups in total. The summed E-state index contributed by atoms with van der Waals surface area (Å²) >= 11 is 12.3. The fraction of sp³-hybridized carbons (Fsp3) is 0.292. The summed E-state index contributed by atoms with van der Waals surface area (Å²) in [6.07, 6.45) is -1.71. The van der Waals surface area contributed by atoms with Gasteiger partial charge < -0.3 is 19.8 Å². The molecule has 0 atom stereocenters. The molecule has 7 nitrogen and oxygen atoms in total. The van der Waals surface area contributed by atoms with Crippen molar-refractivity contribution in [1.29, 1.82) is 0 Å². The minimum atomic E-state index is -5.19. The molecule has 0 bridgehead atoms. The van der Waals surface area contributed by atoms with Crippen LogP contribution >= 0.6 is 23.2 Å². The maximum absolute atomic E-state index is 13.5. The maximum Gasteiger partial charge on any atom is 0.430 e. The zero-order valence-corrected chi connectivity index (χ0v) is 21.0. The van der Waals surface area contributed by atoms with Gasteiger partial charge in [0.15, 0.2) is 11.6 Å². The van der Waals surface area contributed by atoms with Crippen molar-refractivity contribution in [2.24, 2.45) is 0 Å². The van der Waals surface area contributed by atoms with Crippen molar-refractivity contribution in [2.75, 3.05) is 13.1 Å². The molecule has 0 saturated carbocycles. The van der Waals surface area contributed by atoms with Gasteiger partial charge in [-0.05, 0) is 30.3 Å². The molecule has 4 heterocycles. The molecule has 0 unspecified atom stereocenters. The van der Waals surface area contributed by atoms with Gasteiger partial charge in [-0.3, -0.25) is 4.40 Å². The van der Waals surface area contributed by atoms with Crippen LogP contribution in [-0.2, 0) is 11.3 Å². The number of fused-ring (bicyclic) bond motifs is 1. The second-order valence-corrected chi connectivity index (χ2v) is 9.52. The predicted molar refractivity (Wildman–Crippen MR) is 128 cm³/mol. The Labute approximate surface area is 222 Å². The summed E-state index contributed by atoms with van der Waals surface area (Å²) < 4.78 is 60.6. The molecule has 202 valence electrons. The molecule has 0 radical (unpaired) electrons. The van der Waals surface area contributed by atoms with Crippen molar-refractivity contribution in [3.8, 4) is 22.9 Å². The number of halogens is 7. The Balaban J connectivity index is 0.000000426. The normalized spacial score (nSPS) is 15.8. The van der Waals surface area contributed by atoms with E-state index < -0.39 is 18.1 Å². The summed E-state index contributed by atoms with van der Waals surface area (Å²) in [5.74, 6) is -4.27. The highest BCUT2D eigenvalue weighted by molar-refractivity contribution is 6.36. The summed E-state index contributed by atoms with van der Waals surface area (Å²) in [6, 6.07) is 11.2. The number of benzene rings is 1. The first kappa shape index (κ1) is 27.8. The van der Waals surface area contributed by atoms with Gasteiger partial charge >= 0.3 is 6.18 Å². The van der Waals surface area contributed by atoms with E-state index in [1.165, 1.54) is 0 Å². The number of hydrogen-bond acceptors (Lipinski definition) is 4. The SMILES string of the molecule is FC1(F)CC[NH+](Cc2nc(-c3ncc(-c4ccc(Cl)cc4Cl)[nH]3)n3ccccc23)CC1.O=C([O-])C(F)(F)F. The van der Waals surface area contributed by atoms with E-state index in [2.05, 4.69) is 9.97 Å². The minimum Gasteiger partial charge on any atom is -0.542 e. The number of piperidine rings is 1. The molecular weight excluding hydrogens is 556 g/mol. The lowest BCUT2D eigenvalue weighted by atomic mass is 10.1. The minimum absolute atomic E-state index is 0.0790. The van der Waals surface area contributed by atoms with Crippen LogP contribution in [0.5, 0.6) is 0 Å². The third-order valence-electron chi connectivity index (χ3n) is 5.97. The van der Waals surface area contributed by atoms with E-state index in [0.29, 0.717) is 41.3 Å². The molecule has 1 fully saturated rings. The number of carboxylic acids is 1. The van der Waals surface area contributed by atoms with E-state index in [4.69, 9.17) is 38.1 Å². The number of carbonyl (C=O) groups is 1. The van der Waals surface area contributed by atoms with E-state index >= 15 is 0 Å². The van der Waals surface area contributed by atoms with Crippen LogP contribution in [0.3, 0.4) is 0 Å². The Morgan fingerprint density at radius 3 is 2.47 bits per heavy atom. The number of alkyl halides is 5. The zero-order valence-electron chi connectivity index (χ0n) is 19.5. The van der Waals surface area contributed by atoms with Crippen molar-refractivity contribution >= 4 is 34.7 Å². The number of pyridine rings is 1. The number of hydrogen-bond donors (Lipinski definition) is 2. The number of carbonyl (C=O) groups excluding carboxylic acids is 1. The predicted octanol–water partition coefficient (Wildman–Crippen LogP) is 3.81. The lowest BCUT2D eigenvalue weighted by molar-refractivity contribution is -0.921. The van der Waals surface area contributed by atoms with E-state index in [-0.39, 0.29) is 12.8 Å². The van der Waals surface area contributed by atoms with Crippen LogP contribution < -0.4 is 10.0 Å². The molecule has 1 aliphatic heterocycles. The number of carboxylic acid groups (broad SMARTS) is 1. The van der Waals surface area contributed by atoms with Crippen LogP contribution in [0.25, 0.3) is 28.4 Å². The van der Waals surface area contributed by atoms with Gasteiger partial charge in [0, 0.05) is 16.8 Å². The Morgan fingerprint density at radius 1 is 1.16 bits per heavy atom. The van der Waals surface area contributed by atoms with Crippen LogP contribution in [0, 0.1) is 0 Å². The fourth-order valence-electron chi connectivity index (χ4n) is 4.06. The van der Waals surface area contributed by atoms with Crippen molar-refractivity contribution in [2.45, 2.75) is 31.5 Å². The summed E-state index contributed by atoms with van der Waals surface area (Å²) in [7, 11) is 0. The average Bonchev–Trinajstić information content (AvgIpc) is 3.46. The maximum atomic E-state index is 13.5. The first-order chi connectivity index (χ1) is 17.8. The molecule has 38 heavy (non-hydrogen) atoms. The van der Waals surface area contributed by atoms with Crippen LogP contribution in [0.4, 0.5) is 22.0 Å². The highest BCUT2D eigenvalue weighted by Crippen LogP contribution is 2.31. The van der Waals surface area contributed by atoms with E-state index in [9.17, 15) is 22.0 Å². The number of H-pyrrole nitrogens is 1. The van der Waals surface area contributed by atoms with Crippen LogP contribution in [0.15, 0.2) is 48.8 Å². The standard InChI is InChI=1S/C22H19Cl2F2N5.C2HF3O2/c23-14-4-5-15(16(24)11-14)17-12-27-20(28-17)21-29-18(19-3-1-2-8-31(19)21)13-30-9-6-22(25,26)7-10-30;3-2(4,5)1(6)7/h1-5,8,11-12H,6-7,9-10,13H2,(H,27,28);(H,6,7). The van der Waals surface area contributed by atoms with Gasteiger partial charge in [-0.1, -0.05) is 29.3 Å². The van der Waals surface area contributed by atoms with E-state index in [1.54, 1.807) is 18.3 Å². The number of imidazole rings is 2. The van der Waals surface area contributed by atoms with Crippen molar-refractivity contribution in [3.63, 3.8) is 0 Å². The molecule has 0 aliphatic carbocycles. The number of aromatic nitrogens is 4. The first-order valence-corrected chi connectivity index (χ1v) is 12.1. The number of aliphatic carboxylic acids is 1. The molecule has 4 aromatic rings. The second kappa shape index (κ2) is 10.9. The number of rotatable bonds is 4. The number of nitrogens with one attached hydrogen (secondary N) is 2. The number of likely N-dealkylation sites (tertiary alicyclic amines) is 1. The fourth-order valence-corrected chi connectivity index (χ4v) is 4.57. The highest BCUT2D eigenvalue weighted by Gasteiger charge is 2.37. The van der Waals surface area contributed by atoms with Gasteiger partial charge in [-0.25, -0.2) is 18.7 Å². The molecular formula is C24H20Cl2F5N5O2. The second-order valence-electron chi connectivity index (χ2n) is 8.68. The van der Waals surface area contributed by atoms with Gasteiger partial charge in [0.2, 0.25) is 0 Å². The average molecular weight is 576 g/mol. The molecule has 3 aromatic heterocycles. The topological polar surface area (TPSA) is 90.6 Å². The van der Waals surface area contributed by atoms with Gasteiger partial charge in [0.25, 0.3) is 5.92 Å². The van der Waals surface area contributed by atoms with Crippen molar-refractivity contribution in [1.82, 2.24) is 19.4 Å². The zero-order chi connectivity index (χ0) is 27.7. The molecule has 0 amide bonds. The molecule has 0 spiro atoms. The Morgan fingerprint density at radius 2 is 1.84 bits per heavy atom. The Hall–Kier alpha value is -3.22. The Kier molecular flexibility index (Phi) is 7.96. The first-order valence-electron chi connectivity index (χ1n) is 11.3. The van der Waals surface area contributed by atoms with Gasteiger partial charge in [-0.2, -0.15) is 13.2 Å². The number of aromatic amines is 1. The lowest BCUT2D eigenvalue weighted by Gasteiger charge is -2.28. The third-order valence-corrected chi connectivity index (χ3v) is 6.52. The van der Waals surface area contributed by atoms with Crippen LogP contribution in [0.1, 0.15) is 18.5 Å². The van der Waals surface area contributed by atoms with Gasteiger partial charge in [0.1, 0.15) is 18.2 Å². The van der Waals surface area contributed by atoms with E-state index in [0.717, 1.165) is 27.4 Å². The summed E-state index contributed by atoms with van der Waals surface area (Å²) in [6.45, 7) is 1.47. The summed E-state index contributed by atoms with van der Waals surface area (Å²) in [5, 5.41) is 9.88. The number of quaternary nitrogens is 1. The van der Waals surface area contributed by atoms with Crippen molar-refractivity contribution in [3.05, 3.63) is 64.5 Å². The molecule has 1 aromatic carbocycles. The Bertz CT molecular complexity index is 1440. The quantitative estimate of drug-likeness (QED) is 0.362. The van der Waals surface area contributed by atoms with Crippen molar-refractivity contribution < 1.29 is 36.8 Å². The summed E-state index contributed by atoms with van der Waals surface area (Å²) in [4.78, 5) is 22.6. The monoisotopic (exact) mass is 575 g/mol. The van der Waals surface area contributed by atoms with Gasteiger partial charge in [0.05, 0.1) is 48.4 Å². The smallest absolute Gasteiger partial charge is 0.430 e. The highest BCUT2D eigenvalue weighted by atomic mass is 35.5. The van der Waals surface area contributed by atoms with Crippen LogP contribution in [-0.4, -0.2) is 50.5 Å². The largest absolute Gasteiger partial charge is 0.542 e. The number of nitrogens with zero attached hydrogens (tertiary/aromatic N) is 3. The third kappa shape index (κ3) is 6.43. The van der Waals surface area contributed by atoms with E-state index in [1.807, 2.05) is 34.9 Å². The van der Waals surface area contributed by atoms with Gasteiger partial charge in [-0.15, -0.1) is 0 Å². The molecule has 14 heteroatoms. The molecule has 5 rings (SSSR count).